The first-order valence-corrected chi connectivity index (χ1v) is 7.37. The molecule has 2 aromatic carbocycles. The molecule has 1 unspecified atom stereocenters. The molecule has 0 aliphatic carbocycles. The quantitative estimate of drug-likeness (QED) is 0.894. The Kier molecular flexibility index (Phi) is 3.88. The van der Waals surface area contributed by atoms with Gasteiger partial charge in [0.05, 0.1) is 12.6 Å². The highest BCUT2D eigenvalue weighted by molar-refractivity contribution is 6.33. The summed E-state index contributed by atoms with van der Waals surface area (Å²) in [6, 6.07) is 11.1. The molecule has 1 heterocycles. The van der Waals surface area contributed by atoms with Gasteiger partial charge in [-0.05, 0) is 42.2 Å². The summed E-state index contributed by atoms with van der Waals surface area (Å²) in [7, 11) is 0. The number of fused-ring (bicyclic) bond motifs is 1. The van der Waals surface area contributed by atoms with Crippen molar-refractivity contribution < 1.29 is 4.74 Å². The third-order valence-corrected chi connectivity index (χ3v) is 4.17. The van der Waals surface area contributed by atoms with Crippen LogP contribution in [0.4, 0.5) is 0 Å². The minimum absolute atomic E-state index is 0.339. The molecule has 2 aromatic rings. The lowest BCUT2D eigenvalue weighted by molar-refractivity contribution is 0.284. The summed E-state index contributed by atoms with van der Waals surface area (Å²) in [6.45, 7) is 0.736. The molecule has 3 rings (SSSR count). The molecular weight excluding hydrogens is 293 g/mol. The average Bonchev–Trinajstić information content (AvgIpc) is 2.48. The van der Waals surface area contributed by atoms with E-state index in [-0.39, 0.29) is 6.04 Å². The van der Waals surface area contributed by atoms with E-state index in [9.17, 15) is 0 Å². The molecule has 0 aromatic heterocycles. The second kappa shape index (κ2) is 5.65. The standard InChI is InChI=1S/C16H15Cl2NO/c17-11-6-7-14(18)13(9-11)15(19)12-5-1-3-10-4-2-8-20-16(10)12/h1,3,5-7,9,15H,2,4,8,19H2. The normalized spacial score (nSPS) is 15.3. The summed E-state index contributed by atoms with van der Waals surface area (Å²) < 4.78 is 5.81. The third kappa shape index (κ3) is 2.51. The molecule has 104 valence electrons. The number of halogens is 2. The number of para-hydroxylation sites is 1. The maximum Gasteiger partial charge on any atom is 0.127 e. The minimum atomic E-state index is -0.339. The number of hydrogen-bond acceptors (Lipinski definition) is 2. The highest BCUT2D eigenvalue weighted by Crippen LogP contribution is 2.37. The zero-order valence-electron chi connectivity index (χ0n) is 10.9. The van der Waals surface area contributed by atoms with Gasteiger partial charge in [0.2, 0.25) is 0 Å². The van der Waals surface area contributed by atoms with E-state index in [1.807, 2.05) is 18.2 Å². The molecular formula is C16H15Cl2NO. The lowest BCUT2D eigenvalue weighted by atomic mass is 9.94. The van der Waals surface area contributed by atoms with Crippen molar-refractivity contribution in [1.29, 1.82) is 0 Å². The third-order valence-electron chi connectivity index (χ3n) is 3.59. The molecule has 0 spiro atoms. The molecule has 0 saturated heterocycles. The smallest absolute Gasteiger partial charge is 0.127 e. The Hall–Kier alpha value is -1.22. The van der Waals surface area contributed by atoms with Crippen molar-refractivity contribution in [2.45, 2.75) is 18.9 Å². The number of ether oxygens (including phenoxy) is 1. The highest BCUT2D eigenvalue weighted by atomic mass is 35.5. The van der Waals surface area contributed by atoms with Crippen molar-refractivity contribution in [2.75, 3.05) is 6.61 Å². The maximum absolute atomic E-state index is 6.39. The zero-order chi connectivity index (χ0) is 14.1. The minimum Gasteiger partial charge on any atom is -0.493 e. The Morgan fingerprint density at radius 1 is 1.10 bits per heavy atom. The molecule has 1 aliphatic heterocycles. The molecule has 0 saturated carbocycles. The molecule has 0 radical (unpaired) electrons. The van der Waals surface area contributed by atoms with Gasteiger partial charge < -0.3 is 10.5 Å². The summed E-state index contributed by atoms with van der Waals surface area (Å²) in [6.07, 6.45) is 2.07. The molecule has 0 bridgehead atoms. The lowest BCUT2D eigenvalue weighted by Crippen LogP contribution is -2.17. The van der Waals surface area contributed by atoms with Crippen LogP contribution in [0.15, 0.2) is 36.4 Å². The average molecular weight is 308 g/mol. The van der Waals surface area contributed by atoms with Crippen LogP contribution in [0.3, 0.4) is 0 Å². The summed E-state index contributed by atoms with van der Waals surface area (Å²) in [5.41, 5.74) is 9.38. The summed E-state index contributed by atoms with van der Waals surface area (Å²) in [5, 5.41) is 1.25. The molecule has 1 aliphatic rings. The van der Waals surface area contributed by atoms with Crippen molar-refractivity contribution in [2.24, 2.45) is 5.73 Å². The van der Waals surface area contributed by atoms with Crippen LogP contribution < -0.4 is 10.5 Å². The van der Waals surface area contributed by atoms with Gasteiger partial charge >= 0.3 is 0 Å². The fourth-order valence-electron chi connectivity index (χ4n) is 2.58. The van der Waals surface area contributed by atoms with Crippen LogP contribution in [-0.4, -0.2) is 6.61 Å². The van der Waals surface area contributed by atoms with Crippen LogP contribution in [0.1, 0.15) is 29.2 Å². The fourth-order valence-corrected chi connectivity index (χ4v) is 3.00. The number of rotatable bonds is 2. The first kappa shape index (κ1) is 13.7. The van der Waals surface area contributed by atoms with E-state index in [1.165, 1.54) is 5.56 Å². The van der Waals surface area contributed by atoms with Gasteiger partial charge in [0.25, 0.3) is 0 Å². The molecule has 2 nitrogen and oxygen atoms in total. The Bertz CT molecular complexity index is 642. The van der Waals surface area contributed by atoms with E-state index in [0.29, 0.717) is 10.0 Å². The van der Waals surface area contributed by atoms with E-state index in [2.05, 4.69) is 6.07 Å². The van der Waals surface area contributed by atoms with Crippen LogP contribution in [-0.2, 0) is 6.42 Å². The summed E-state index contributed by atoms with van der Waals surface area (Å²) >= 11 is 12.3. The number of nitrogens with two attached hydrogens (primary N) is 1. The molecule has 2 N–H and O–H groups in total. The van der Waals surface area contributed by atoms with Gasteiger partial charge in [-0.3, -0.25) is 0 Å². The van der Waals surface area contributed by atoms with Crippen LogP contribution in [0.5, 0.6) is 5.75 Å². The van der Waals surface area contributed by atoms with E-state index >= 15 is 0 Å². The summed E-state index contributed by atoms with van der Waals surface area (Å²) in [4.78, 5) is 0. The van der Waals surface area contributed by atoms with E-state index in [0.717, 1.165) is 36.3 Å². The van der Waals surface area contributed by atoms with Gasteiger partial charge in [0.1, 0.15) is 5.75 Å². The highest BCUT2D eigenvalue weighted by Gasteiger charge is 2.21. The van der Waals surface area contributed by atoms with Crippen LogP contribution in [0, 0.1) is 0 Å². The van der Waals surface area contributed by atoms with Crippen LogP contribution in [0.2, 0.25) is 10.0 Å². The fraction of sp³-hybridized carbons (Fsp3) is 0.250. The van der Waals surface area contributed by atoms with Gasteiger partial charge in [0, 0.05) is 15.6 Å². The SMILES string of the molecule is NC(c1cc(Cl)ccc1Cl)c1cccc2c1OCCC2. The maximum atomic E-state index is 6.39. The van der Waals surface area contributed by atoms with Gasteiger partial charge in [0.15, 0.2) is 0 Å². The van der Waals surface area contributed by atoms with Gasteiger partial charge in [-0.15, -0.1) is 0 Å². The number of aryl methyl sites for hydroxylation is 1. The molecule has 20 heavy (non-hydrogen) atoms. The molecule has 1 atom stereocenters. The topological polar surface area (TPSA) is 35.2 Å². The Balaban J connectivity index is 2.06. The van der Waals surface area contributed by atoms with Crippen molar-refractivity contribution in [3.63, 3.8) is 0 Å². The van der Waals surface area contributed by atoms with Gasteiger partial charge in [-0.2, -0.15) is 0 Å². The first-order valence-electron chi connectivity index (χ1n) is 6.62. The zero-order valence-corrected chi connectivity index (χ0v) is 12.4. The molecule has 4 heteroatoms. The van der Waals surface area contributed by atoms with E-state index < -0.39 is 0 Å². The van der Waals surface area contributed by atoms with Crippen LogP contribution >= 0.6 is 23.2 Å². The van der Waals surface area contributed by atoms with E-state index in [4.69, 9.17) is 33.7 Å². The Labute approximate surface area is 128 Å². The Morgan fingerprint density at radius 2 is 1.95 bits per heavy atom. The largest absolute Gasteiger partial charge is 0.493 e. The second-order valence-electron chi connectivity index (χ2n) is 4.93. The molecule has 0 amide bonds. The number of benzene rings is 2. The van der Waals surface area contributed by atoms with Gasteiger partial charge in [-0.1, -0.05) is 41.4 Å². The van der Waals surface area contributed by atoms with Crippen LogP contribution in [0.25, 0.3) is 0 Å². The monoisotopic (exact) mass is 307 g/mol. The summed E-state index contributed by atoms with van der Waals surface area (Å²) in [5.74, 6) is 0.905. The number of hydrogen-bond donors (Lipinski definition) is 1. The second-order valence-corrected chi connectivity index (χ2v) is 5.77. The Morgan fingerprint density at radius 3 is 2.80 bits per heavy atom. The van der Waals surface area contributed by atoms with Crippen molar-refractivity contribution >= 4 is 23.2 Å². The lowest BCUT2D eigenvalue weighted by Gasteiger charge is -2.24. The predicted octanol–water partition coefficient (Wildman–Crippen LogP) is 4.37. The van der Waals surface area contributed by atoms with Crippen molar-refractivity contribution in [3.05, 3.63) is 63.1 Å². The molecule has 0 fully saturated rings. The predicted molar refractivity (Wildman–Crippen MR) is 82.8 cm³/mol. The van der Waals surface area contributed by atoms with Gasteiger partial charge in [-0.25, -0.2) is 0 Å². The first-order chi connectivity index (χ1) is 9.66. The van der Waals surface area contributed by atoms with Crippen molar-refractivity contribution in [3.8, 4) is 5.75 Å². The van der Waals surface area contributed by atoms with Crippen molar-refractivity contribution in [1.82, 2.24) is 0 Å². The van der Waals surface area contributed by atoms with E-state index in [1.54, 1.807) is 12.1 Å².